The summed E-state index contributed by atoms with van der Waals surface area (Å²) in [5.74, 6) is -0.520. The molecule has 2 N–H and O–H groups in total. The van der Waals surface area contributed by atoms with Gasteiger partial charge in [-0.25, -0.2) is 0 Å². The number of benzene rings is 1. The first-order valence-corrected chi connectivity index (χ1v) is 7.30. The van der Waals surface area contributed by atoms with Gasteiger partial charge in [-0.3, -0.25) is 14.5 Å². The molecule has 0 unspecified atom stereocenters. The highest BCUT2D eigenvalue weighted by molar-refractivity contribution is 5.94. The summed E-state index contributed by atoms with van der Waals surface area (Å²) < 4.78 is 7.37. The van der Waals surface area contributed by atoms with Gasteiger partial charge < -0.3 is 10.5 Å². The number of carbonyl (C=O) groups excluding carboxylic acids is 1. The second kappa shape index (κ2) is 5.17. The van der Waals surface area contributed by atoms with Crippen LogP contribution in [-0.2, 0) is 18.4 Å². The maximum Gasteiger partial charge on any atom is 0.267 e. The number of fused-ring (bicyclic) bond motifs is 2. The van der Waals surface area contributed by atoms with Crippen molar-refractivity contribution >= 4 is 16.8 Å². The molecular weight excluding hydrogens is 292 g/mol. The van der Waals surface area contributed by atoms with Gasteiger partial charge in [0.15, 0.2) is 0 Å². The predicted molar refractivity (Wildman–Crippen MR) is 85.5 cm³/mol. The summed E-state index contributed by atoms with van der Waals surface area (Å²) in [5.41, 5.74) is 10.5. The Balaban J connectivity index is 1.93. The van der Waals surface area contributed by atoms with Crippen molar-refractivity contribution in [3.8, 4) is 11.1 Å². The molecule has 3 aromatic rings. The minimum atomic E-state index is -0.520. The number of carbonyl (C=O) groups is 1. The van der Waals surface area contributed by atoms with E-state index in [0.717, 1.165) is 33.2 Å². The second-order valence-electron chi connectivity index (χ2n) is 5.54. The molecule has 0 aliphatic carbocycles. The Morgan fingerprint density at radius 3 is 3.04 bits per heavy atom. The first kappa shape index (κ1) is 13.9. The lowest BCUT2D eigenvalue weighted by atomic mass is 9.93. The van der Waals surface area contributed by atoms with Crippen molar-refractivity contribution in [2.75, 3.05) is 6.61 Å². The number of ether oxygens (including phenoxy) is 1. The van der Waals surface area contributed by atoms with Gasteiger partial charge in [0.2, 0.25) is 0 Å². The number of amides is 1. The van der Waals surface area contributed by atoms with Crippen LogP contribution in [0.5, 0.6) is 0 Å². The number of aryl methyl sites for hydroxylation is 1. The van der Waals surface area contributed by atoms with Crippen LogP contribution in [0.15, 0.2) is 30.6 Å². The molecule has 1 aliphatic heterocycles. The van der Waals surface area contributed by atoms with E-state index in [4.69, 9.17) is 10.5 Å². The maximum absolute atomic E-state index is 11.6. The molecule has 6 nitrogen and oxygen atoms in total. The van der Waals surface area contributed by atoms with Crippen molar-refractivity contribution in [3.63, 3.8) is 0 Å². The Bertz CT molecular complexity index is 930. The van der Waals surface area contributed by atoms with E-state index in [1.807, 2.05) is 36.5 Å². The van der Waals surface area contributed by atoms with E-state index < -0.39 is 5.91 Å². The number of primary amides is 1. The summed E-state index contributed by atoms with van der Waals surface area (Å²) in [5, 5.41) is 5.34. The minimum absolute atomic E-state index is 0.300. The largest absolute Gasteiger partial charge is 0.376 e. The van der Waals surface area contributed by atoms with Gasteiger partial charge in [0.1, 0.15) is 5.69 Å². The summed E-state index contributed by atoms with van der Waals surface area (Å²) in [4.78, 5) is 15.9. The van der Waals surface area contributed by atoms with Gasteiger partial charge >= 0.3 is 0 Å². The van der Waals surface area contributed by atoms with Gasteiger partial charge in [-0.2, -0.15) is 5.10 Å². The molecular formula is C17H15N4O2. The summed E-state index contributed by atoms with van der Waals surface area (Å²) in [6.45, 7) is 0.895. The molecule has 3 heterocycles. The highest BCUT2D eigenvalue weighted by Crippen LogP contribution is 2.32. The normalized spacial score (nSPS) is 14.0. The molecule has 0 bridgehead atoms. The van der Waals surface area contributed by atoms with Gasteiger partial charge in [-0.1, -0.05) is 12.1 Å². The number of rotatable bonds is 2. The van der Waals surface area contributed by atoms with E-state index in [1.165, 1.54) is 0 Å². The molecule has 4 rings (SSSR count). The van der Waals surface area contributed by atoms with Crippen molar-refractivity contribution in [3.05, 3.63) is 53.8 Å². The Hall–Kier alpha value is -2.73. The number of aromatic nitrogens is 3. The second-order valence-corrected chi connectivity index (χ2v) is 5.54. The molecule has 2 aromatic heterocycles. The van der Waals surface area contributed by atoms with E-state index >= 15 is 0 Å². The van der Waals surface area contributed by atoms with E-state index in [-0.39, 0.29) is 0 Å². The molecule has 1 amide bonds. The molecule has 0 saturated heterocycles. The lowest BCUT2D eigenvalue weighted by Crippen LogP contribution is -2.21. The van der Waals surface area contributed by atoms with Crippen molar-refractivity contribution in [1.29, 1.82) is 0 Å². The summed E-state index contributed by atoms with van der Waals surface area (Å²) in [6, 6.07) is 6.12. The molecule has 6 heteroatoms. The molecule has 0 fully saturated rings. The molecule has 115 valence electrons. The fourth-order valence-electron chi connectivity index (χ4n) is 3.00. The molecule has 1 radical (unpaired) electrons. The Morgan fingerprint density at radius 1 is 1.35 bits per heavy atom. The highest BCUT2D eigenvalue weighted by Gasteiger charge is 2.22. The van der Waals surface area contributed by atoms with Crippen LogP contribution in [0.25, 0.3) is 22.0 Å². The molecule has 0 spiro atoms. The van der Waals surface area contributed by atoms with E-state index in [2.05, 4.69) is 16.1 Å². The molecule has 23 heavy (non-hydrogen) atoms. The van der Waals surface area contributed by atoms with Crippen molar-refractivity contribution in [2.45, 2.75) is 6.61 Å². The maximum atomic E-state index is 11.6. The third kappa shape index (κ3) is 2.19. The van der Waals surface area contributed by atoms with Crippen LogP contribution < -0.4 is 5.73 Å². The average Bonchev–Trinajstić information content (AvgIpc) is 2.94. The van der Waals surface area contributed by atoms with Gasteiger partial charge in [0.05, 0.1) is 24.9 Å². The number of hydrogen-bond donors (Lipinski definition) is 1. The molecule has 1 aromatic carbocycles. The van der Waals surface area contributed by atoms with Crippen LogP contribution in [-0.4, -0.2) is 27.3 Å². The fraction of sp³-hybridized carbons (Fsp3) is 0.176. The summed E-state index contributed by atoms with van der Waals surface area (Å²) >= 11 is 0. The van der Waals surface area contributed by atoms with Crippen molar-refractivity contribution in [2.24, 2.45) is 12.8 Å². The summed E-state index contributed by atoms with van der Waals surface area (Å²) in [7, 11) is 1.91. The van der Waals surface area contributed by atoms with Gasteiger partial charge in [0, 0.05) is 30.6 Å². The minimum Gasteiger partial charge on any atom is -0.376 e. The van der Waals surface area contributed by atoms with Crippen LogP contribution in [0.1, 0.15) is 21.6 Å². The number of pyridine rings is 1. The number of nitrogens with two attached hydrogens (primary N) is 1. The fourth-order valence-corrected chi connectivity index (χ4v) is 3.00. The van der Waals surface area contributed by atoms with Crippen molar-refractivity contribution < 1.29 is 9.53 Å². The molecule has 1 aliphatic rings. The predicted octanol–water partition coefficient (Wildman–Crippen LogP) is 1.82. The zero-order valence-electron chi connectivity index (χ0n) is 12.6. The number of nitrogens with zero attached hydrogens (tertiary/aromatic N) is 3. The summed E-state index contributed by atoms with van der Waals surface area (Å²) in [6.07, 6.45) is 5.39. The van der Waals surface area contributed by atoms with E-state index in [9.17, 15) is 4.79 Å². The number of hydrogen-bond acceptors (Lipinski definition) is 4. The van der Waals surface area contributed by atoms with Gasteiger partial charge in [0.25, 0.3) is 5.91 Å². The van der Waals surface area contributed by atoms with E-state index in [0.29, 0.717) is 18.9 Å². The van der Waals surface area contributed by atoms with Crippen LogP contribution in [0.3, 0.4) is 0 Å². The smallest absolute Gasteiger partial charge is 0.267 e. The average molecular weight is 307 g/mol. The lowest BCUT2D eigenvalue weighted by molar-refractivity contribution is 0.0991. The SMILES string of the molecule is Cn1ncc2ccc(-c3cnc(C(N)=O)c4c3COC[CH]4)cc21. The topological polar surface area (TPSA) is 83.0 Å². The Labute approximate surface area is 132 Å². The van der Waals surface area contributed by atoms with Crippen LogP contribution >= 0.6 is 0 Å². The monoisotopic (exact) mass is 307 g/mol. The van der Waals surface area contributed by atoms with Gasteiger partial charge in [-0.05, 0) is 22.8 Å². The van der Waals surface area contributed by atoms with Gasteiger partial charge in [-0.15, -0.1) is 0 Å². The van der Waals surface area contributed by atoms with E-state index in [1.54, 1.807) is 6.20 Å². The zero-order chi connectivity index (χ0) is 16.0. The van der Waals surface area contributed by atoms with Crippen LogP contribution in [0.4, 0.5) is 0 Å². The van der Waals surface area contributed by atoms with Crippen LogP contribution in [0.2, 0.25) is 0 Å². The standard InChI is InChI=1S/C17H15N4O2/c1-21-15-6-10(2-3-11(15)7-20-21)13-8-19-16(17(18)22)12-4-5-23-9-14(12)13/h2-4,6-8H,5,9H2,1H3,(H2,18,22). The Morgan fingerprint density at radius 2 is 2.22 bits per heavy atom. The quantitative estimate of drug-likeness (QED) is 0.783. The Kier molecular flexibility index (Phi) is 3.12. The molecule has 0 saturated carbocycles. The zero-order valence-corrected chi connectivity index (χ0v) is 12.6. The lowest BCUT2D eigenvalue weighted by Gasteiger charge is -2.21. The van der Waals surface area contributed by atoms with Crippen LogP contribution in [0, 0.1) is 6.42 Å². The third-order valence-electron chi connectivity index (χ3n) is 4.17. The first-order chi connectivity index (χ1) is 11.1. The highest BCUT2D eigenvalue weighted by atomic mass is 16.5. The van der Waals surface area contributed by atoms with Crippen molar-refractivity contribution in [1.82, 2.24) is 14.8 Å². The third-order valence-corrected chi connectivity index (χ3v) is 4.17. The first-order valence-electron chi connectivity index (χ1n) is 7.30. The molecule has 0 atom stereocenters.